The highest BCUT2D eigenvalue weighted by Gasteiger charge is 2.56. The van der Waals surface area contributed by atoms with Gasteiger partial charge in [-0.05, 0) is 104 Å². The monoisotopic (exact) mass is 707 g/mol. The van der Waals surface area contributed by atoms with E-state index in [0.717, 1.165) is 29.2 Å². The zero-order chi connectivity index (χ0) is 34.3. The van der Waals surface area contributed by atoms with Gasteiger partial charge in [0.25, 0.3) is 0 Å². The Balaban J connectivity index is 0.958. The third-order valence-electron chi connectivity index (χ3n) is 16.3. The lowest BCUT2D eigenvalue weighted by molar-refractivity contribution is 0.0706. The van der Waals surface area contributed by atoms with E-state index in [1.807, 2.05) is 0 Å². The van der Waals surface area contributed by atoms with Crippen LogP contribution in [0.15, 0.2) is 42.5 Å². The highest BCUT2D eigenvalue weighted by atomic mass is 16.1. The van der Waals surface area contributed by atoms with E-state index in [-0.39, 0.29) is 36.5 Å². The van der Waals surface area contributed by atoms with Crippen LogP contribution in [0, 0.1) is 53.3 Å². The van der Waals surface area contributed by atoms with Gasteiger partial charge in [-0.3, -0.25) is 47.3 Å². The first-order chi connectivity index (χ1) is 25.7. The van der Waals surface area contributed by atoms with Crippen molar-refractivity contribution in [1.29, 1.82) is 0 Å². The lowest BCUT2D eigenvalue weighted by atomic mass is 9.68. The Morgan fingerprint density at radius 1 is 0.404 bits per heavy atom. The molecule has 17 unspecified atom stereocenters. The number of ketones is 1. The van der Waals surface area contributed by atoms with Crippen LogP contribution >= 0.6 is 0 Å². The number of carbonyl (C=O) groups excluding carboxylic acids is 1. The van der Waals surface area contributed by atoms with Gasteiger partial charge in [0.05, 0.1) is 49.3 Å². The number of fused-ring (bicyclic) bond motifs is 21. The van der Waals surface area contributed by atoms with Crippen LogP contribution in [-0.4, -0.2) is 55.1 Å². The molecule has 2 aromatic rings. The second-order valence-electron chi connectivity index (χ2n) is 18.7. The Kier molecular flexibility index (Phi) is 8.77. The molecule has 5 heterocycles. The molecular weight excluding hydrogens is 645 g/mol. The van der Waals surface area contributed by atoms with Crippen LogP contribution in [0.3, 0.4) is 0 Å². The highest BCUT2D eigenvalue weighted by molar-refractivity contribution is 6.09. The second kappa shape index (κ2) is 13.7. The summed E-state index contributed by atoms with van der Waals surface area (Å²) in [6, 6.07) is 14.8. The van der Waals surface area contributed by atoms with Crippen molar-refractivity contribution in [3.05, 3.63) is 48.0 Å². The first-order valence-corrected chi connectivity index (χ1v) is 21.8. The molecule has 4 aliphatic carbocycles. The van der Waals surface area contributed by atoms with Crippen LogP contribution in [-0.2, 0) is 0 Å². The summed E-state index contributed by atoms with van der Waals surface area (Å²) in [7, 11) is 0. The number of benzene rings is 2. The molecule has 0 radical (unpaired) electrons. The Hall–Kier alpha value is -1.95. The number of rotatable bonds is 2. The van der Waals surface area contributed by atoms with Crippen molar-refractivity contribution in [2.24, 2.45) is 53.3 Å². The zero-order valence-electron chi connectivity index (χ0n) is 30.9. The predicted molar refractivity (Wildman–Crippen MR) is 204 cm³/mol. The average molecular weight is 707 g/mol. The molecule has 8 bridgehead atoms. The highest BCUT2D eigenvalue weighted by Crippen LogP contribution is 2.47. The first kappa shape index (κ1) is 33.4. The molecule has 4 saturated carbocycles. The average Bonchev–Trinajstić information content (AvgIpc) is 3.93. The lowest BCUT2D eigenvalue weighted by Gasteiger charge is -2.39. The molecule has 11 rings (SSSR count). The fraction of sp³-hybridized carbons (Fsp3) is 0.744. The molecule has 0 aromatic heterocycles. The van der Waals surface area contributed by atoms with Crippen LogP contribution in [0.25, 0.3) is 10.8 Å². The maximum Gasteiger partial charge on any atom is 0.166 e. The van der Waals surface area contributed by atoms with Crippen molar-refractivity contribution >= 4 is 16.6 Å². The normalized spacial score (nSPS) is 48.4. The third-order valence-corrected chi connectivity index (χ3v) is 16.3. The van der Waals surface area contributed by atoms with Gasteiger partial charge in [0.1, 0.15) is 0 Å². The fourth-order valence-electron chi connectivity index (χ4n) is 14.0. The number of hydrogen-bond acceptors (Lipinski definition) is 9. The van der Waals surface area contributed by atoms with Crippen LogP contribution in [0.4, 0.5) is 0 Å². The molecule has 17 atom stereocenters. The summed E-state index contributed by atoms with van der Waals surface area (Å²) in [5.74, 6) is 4.86. The van der Waals surface area contributed by atoms with E-state index < -0.39 is 0 Å². The van der Waals surface area contributed by atoms with E-state index >= 15 is 0 Å². The lowest BCUT2D eigenvalue weighted by Crippen LogP contribution is -2.62. The molecule has 0 amide bonds. The molecule has 9 aliphatic rings. The Morgan fingerprint density at radius 3 is 1.27 bits per heavy atom. The van der Waals surface area contributed by atoms with Gasteiger partial charge < -0.3 is 0 Å². The predicted octanol–water partition coefficient (Wildman–Crippen LogP) is 4.87. The third kappa shape index (κ3) is 5.58. The van der Waals surface area contributed by atoms with Crippen molar-refractivity contribution in [2.45, 2.75) is 146 Å². The molecule has 9 heteroatoms. The first-order valence-electron chi connectivity index (χ1n) is 21.8. The van der Waals surface area contributed by atoms with Crippen LogP contribution in [0.5, 0.6) is 0 Å². The van der Waals surface area contributed by atoms with E-state index in [4.69, 9.17) is 0 Å². The minimum atomic E-state index is -0.00234. The van der Waals surface area contributed by atoms with Gasteiger partial charge in [-0.25, -0.2) is 0 Å². The van der Waals surface area contributed by atoms with E-state index in [0.29, 0.717) is 71.9 Å². The van der Waals surface area contributed by atoms with E-state index in [1.54, 1.807) is 0 Å². The molecule has 8 N–H and O–H groups in total. The standard InChI is InChI=1S/C43H62N8O/c52-35(25-20-9-12-23-11-1-2-13-24(23)25)32-21-10-22-33-34(32)43-50-41-31-19-8-7-18-30(31)39(48-41)46-37-27-15-4-3-14-26(27)36(44-37)45-38-28-16-5-6-17-29(28)40(47-38)49-42(33)51-43/h1-2,9,11-13,20,26-34,36-51H,3-8,10,14-19,21-22H2. The minimum absolute atomic E-state index is 0.00234. The molecule has 5 aliphatic heterocycles. The van der Waals surface area contributed by atoms with Crippen LogP contribution in [0.1, 0.15) is 107 Å². The van der Waals surface area contributed by atoms with Gasteiger partial charge in [0.2, 0.25) is 0 Å². The van der Waals surface area contributed by atoms with Crippen molar-refractivity contribution in [2.75, 3.05) is 0 Å². The van der Waals surface area contributed by atoms with Crippen molar-refractivity contribution in [3.63, 3.8) is 0 Å². The molecule has 0 spiro atoms. The van der Waals surface area contributed by atoms with Gasteiger partial charge >= 0.3 is 0 Å². The molecule has 9 nitrogen and oxygen atoms in total. The molecular formula is C43H62N8O. The summed E-state index contributed by atoms with van der Waals surface area (Å²) in [6.45, 7) is 0. The zero-order valence-corrected chi connectivity index (χ0v) is 30.9. The van der Waals surface area contributed by atoms with Gasteiger partial charge in [-0.1, -0.05) is 87.4 Å². The Labute approximate surface area is 310 Å². The summed E-state index contributed by atoms with van der Waals surface area (Å²) in [5.41, 5.74) is 0.910. The quantitative estimate of drug-likeness (QED) is 0.208. The molecule has 5 saturated heterocycles. The smallest absolute Gasteiger partial charge is 0.166 e. The number of nitrogens with one attached hydrogen (secondary N) is 8. The SMILES string of the molecule is O=C(c1cccc2ccccc12)C1CCCC2C3NC4NC(NC5NC(NC6NC(NC(N3)C12)C1CCCCC61)C1CCCCC51)C1CCCCC41. The van der Waals surface area contributed by atoms with Crippen molar-refractivity contribution in [1.82, 2.24) is 42.5 Å². The fourth-order valence-corrected chi connectivity index (χ4v) is 14.0. The van der Waals surface area contributed by atoms with Gasteiger partial charge in [-0.15, -0.1) is 0 Å². The second-order valence-corrected chi connectivity index (χ2v) is 18.7. The summed E-state index contributed by atoms with van der Waals surface area (Å²) in [4.78, 5) is 14.9. The maximum atomic E-state index is 14.9. The Morgan fingerprint density at radius 2 is 0.788 bits per heavy atom. The van der Waals surface area contributed by atoms with Crippen LogP contribution < -0.4 is 42.5 Å². The van der Waals surface area contributed by atoms with Crippen LogP contribution in [0.2, 0.25) is 0 Å². The molecule has 52 heavy (non-hydrogen) atoms. The van der Waals surface area contributed by atoms with E-state index in [2.05, 4.69) is 85.0 Å². The van der Waals surface area contributed by atoms with E-state index in [9.17, 15) is 4.79 Å². The van der Waals surface area contributed by atoms with E-state index in [1.165, 1.54) is 83.5 Å². The van der Waals surface area contributed by atoms with Gasteiger partial charge in [0.15, 0.2) is 5.78 Å². The number of carbonyl (C=O) groups is 1. The summed E-state index contributed by atoms with van der Waals surface area (Å²) < 4.78 is 0. The van der Waals surface area contributed by atoms with Crippen molar-refractivity contribution < 1.29 is 4.79 Å². The molecule has 280 valence electrons. The summed E-state index contributed by atoms with van der Waals surface area (Å²) in [5, 5.41) is 36.2. The van der Waals surface area contributed by atoms with Crippen molar-refractivity contribution in [3.8, 4) is 0 Å². The molecule has 2 aromatic carbocycles. The maximum absolute atomic E-state index is 14.9. The van der Waals surface area contributed by atoms with Gasteiger partial charge in [-0.2, -0.15) is 0 Å². The largest absolute Gasteiger partial charge is 0.294 e. The number of hydrogen-bond donors (Lipinski definition) is 8. The van der Waals surface area contributed by atoms with Gasteiger partial charge in [0, 0.05) is 17.4 Å². The summed E-state index contributed by atoms with van der Waals surface area (Å²) >= 11 is 0. The summed E-state index contributed by atoms with van der Waals surface area (Å²) in [6.07, 6.45) is 21.2. The molecule has 9 fully saturated rings. The number of Topliss-reactive ketones (excluding diaryl/α,β-unsaturated/α-hetero) is 1. The Bertz CT molecular complexity index is 1630. The topological polar surface area (TPSA) is 113 Å². The minimum Gasteiger partial charge on any atom is -0.294 e.